The number of rotatable bonds is 6. The van der Waals surface area contributed by atoms with Gasteiger partial charge >= 0.3 is 6.03 Å². The van der Waals surface area contributed by atoms with Gasteiger partial charge in [0, 0.05) is 26.2 Å². The van der Waals surface area contributed by atoms with Crippen LogP contribution in [0.4, 0.5) is 10.5 Å². The highest BCUT2D eigenvalue weighted by Crippen LogP contribution is 2.24. The lowest BCUT2D eigenvalue weighted by atomic mass is 10.2. The van der Waals surface area contributed by atoms with E-state index in [1.54, 1.807) is 36.4 Å². The fourth-order valence-corrected chi connectivity index (χ4v) is 4.66. The Hall–Kier alpha value is -3.11. The standard InChI is InChI=1S/C22H28N4O5S/c1-17-8-10-18(11-9-17)32(29,30)26(22(28)25-14-12-24(2)13-15-25)16-21(27)23-19-6-4-5-7-20(19)31-3/h4-11H,12-16H2,1-3H3,(H,23,27). The minimum atomic E-state index is -4.25. The monoisotopic (exact) mass is 460 g/mol. The van der Waals surface area contributed by atoms with Crippen LogP contribution in [0.5, 0.6) is 5.75 Å². The van der Waals surface area contributed by atoms with Crippen molar-refractivity contribution in [2.75, 3.05) is 52.2 Å². The number of amides is 3. The lowest BCUT2D eigenvalue weighted by molar-refractivity contribution is -0.116. The van der Waals surface area contributed by atoms with Crippen LogP contribution >= 0.6 is 0 Å². The maximum Gasteiger partial charge on any atom is 0.334 e. The number of aryl methyl sites for hydroxylation is 1. The molecule has 1 aliphatic heterocycles. The zero-order chi connectivity index (χ0) is 23.3. The molecular weight excluding hydrogens is 432 g/mol. The van der Waals surface area contributed by atoms with Gasteiger partial charge in [0.05, 0.1) is 17.7 Å². The highest BCUT2D eigenvalue weighted by molar-refractivity contribution is 7.89. The summed E-state index contributed by atoms with van der Waals surface area (Å²) in [7, 11) is -0.844. The van der Waals surface area contributed by atoms with Crippen LogP contribution in [0.2, 0.25) is 0 Å². The van der Waals surface area contributed by atoms with Gasteiger partial charge in [0.15, 0.2) is 0 Å². The van der Waals surface area contributed by atoms with Gasteiger partial charge in [-0.15, -0.1) is 0 Å². The Bertz CT molecular complexity index is 1060. The molecule has 3 amide bonds. The smallest absolute Gasteiger partial charge is 0.334 e. The summed E-state index contributed by atoms with van der Waals surface area (Å²) in [5, 5.41) is 2.64. The Balaban J connectivity index is 1.88. The number of carbonyl (C=O) groups is 2. The van der Waals surface area contributed by atoms with Crippen molar-refractivity contribution in [2.45, 2.75) is 11.8 Å². The molecular formula is C22H28N4O5S. The maximum absolute atomic E-state index is 13.4. The summed E-state index contributed by atoms with van der Waals surface area (Å²) < 4.78 is 32.6. The number of para-hydroxylation sites is 2. The number of carbonyl (C=O) groups excluding carboxylic acids is 2. The van der Waals surface area contributed by atoms with E-state index < -0.39 is 28.5 Å². The number of benzene rings is 2. The average Bonchev–Trinajstić information content (AvgIpc) is 2.78. The fraction of sp³-hybridized carbons (Fsp3) is 0.364. The Kier molecular flexibility index (Phi) is 7.37. The van der Waals surface area contributed by atoms with Gasteiger partial charge in [-0.3, -0.25) is 4.79 Å². The molecule has 9 nitrogen and oxygen atoms in total. The van der Waals surface area contributed by atoms with E-state index in [2.05, 4.69) is 10.2 Å². The number of nitrogens with zero attached hydrogens (tertiary/aromatic N) is 3. The van der Waals surface area contributed by atoms with E-state index in [1.165, 1.54) is 24.1 Å². The van der Waals surface area contributed by atoms with Gasteiger partial charge in [0.1, 0.15) is 12.3 Å². The summed E-state index contributed by atoms with van der Waals surface area (Å²) in [6.07, 6.45) is 0. The molecule has 1 fully saturated rings. The van der Waals surface area contributed by atoms with Gasteiger partial charge in [-0.25, -0.2) is 17.5 Å². The summed E-state index contributed by atoms with van der Waals surface area (Å²) in [6.45, 7) is 3.19. The molecule has 1 heterocycles. The average molecular weight is 461 g/mol. The van der Waals surface area contributed by atoms with Gasteiger partial charge in [-0.05, 0) is 38.2 Å². The van der Waals surface area contributed by atoms with Gasteiger partial charge in [-0.1, -0.05) is 29.8 Å². The second-order valence-electron chi connectivity index (χ2n) is 7.65. The lowest BCUT2D eigenvalue weighted by Gasteiger charge is -2.35. The first-order valence-corrected chi connectivity index (χ1v) is 11.7. The van der Waals surface area contributed by atoms with E-state index >= 15 is 0 Å². The molecule has 0 atom stereocenters. The summed E-state index contributed by atoms with van der Waals surface area (Å²) >= 11 is 0. The molecule has 3 rings (SSSR count). The molecule has 1 aliphatic rings. The van der Waals surface area contributed by atoms with Crippen molar-refractivity contribution in [1.82, 2.24) is 14.1 Å². The van der Waals surface area contributed by atoms with Crippen molar-refractivity contribution < 1.29 is 22.7 Å². The van der Waals surface area contributed by atoms with Crippen molar-refractivity contribution in [1.29, 1.82) is 0 Å². The molecule has 1 saturated heterocycles. The topological polar surface area (TPSA) is 99.3 Å². The van der Waals surface area contributed by atoms with Crippen molar-refractivity contribution in [2.24, 2.45) is 0 Å². The highest BCUT2D eigenvalue weighted by atomic mass is 32.2. The number of urea groups is 1. The van der Waals surface area contributed by atoms with Crippen LogP contribution in [-0.4, -0.2) is 81.3 Å². The van der Waals surface area contributed by atoms with Crippen LogP contribution in [0.1, 0.15) is 5.56 Å². The van der Waals surface area contributed by atoms with E-state index in [0.717, 1.165) is 5.56 Å². The van der Waals surface area contributed by atoms with Crippen LogP contribution in [0.3, 0.4) is 0 Å². The third-order valence-corrected chi connectivity index (χ3v) is 7.00. The number of anilines is 1. The van der Waals surface area contributed by atoms with Gasteiger partial charge in [0.2, 0.25) is 5.91 Å². The molecule has 2 aromatic carbocycles. The van der Waals surface area contributed by atoms with Crippen LogP contribution < -0.4 is 10.1 Å². The Morgan fingerprint density at radius 1 is 1.03 bits per heavy atom. The zero-order valence-corrected chi connectivity index (χ0v) is 19.3. The molecule has 0 unspecified atom stereocenters. The summed E-state index contributed by atoms with van der Waals surface area (Å²) in [5.74, 6) is -0.216. The first kappa shape index (κ1) is 23.6. The second-order valence-corrected chi connectivity index (χ2v) is 9.51. The molecule has 0 radical (unpaired) electrons. The normalized spacial score (nSPS) is 14.7. The third-order valence-electron chi connectivity index (χ3n) is 5.26. The number of methoxy groups -OCH3 is 1. The number of nitrogens with one attached hydrogen (secondary N) is 1. The van der Waals surface area contributed by atoms with Crippen LogP contribution in [-0.2, 0) is 14.8 Å². The number of ether oxygens (including phenoxy) is 1. The largest absolute Gasteiger partial charge is 0.495 e. The van der Waals surface area contributed by atoms with Gasteiger partial charge < -0.3 is 19.9 Å². The third kappa shape index (κ3) is 5.38. The lowest BCUT2D eigenvalue weighted by Crippen LogP contribution is -2.54. The van der Waals surface area contributed by atoms with Crippen molar-refractivity contribution in [3.05, 3.63) is 54.1 Å². The van der Waals surface area contributed by atoms with E-state index in [0.29, 0.717) is 41.9 Å². The first-order valence-electron chi connectivity index (χ1n) is 10.2. The van der Waals surface area contributed by atoms with E-state index in [4.69, 9.17) is 4.74 Å². The molecule has 32 heavy (non-hydrogen) atoms. The predicted molar refractivity (Wildman–Crippen MR) is 121 cm³/mol. The quantitative estimate of drug-likeness (QED) is 0.708. The first-order chi connectivity index (χ1) is 15.2. The van der Waals surface area contributed by atoms with Gasteiger partial charge in [0.25, 0.3) is 10.0 Å². The second kappa shape index (κ2) is 10.0. The Labute approximate surface area is 188 Å². The Morgan fingerprint density at radius 3 is 2.28 bits per heavy atom. The maximum atomic E-state index is 13.4. The van der Waals surface area contributed by atoms with Gasteiger partial charge in [-0.2, -0.15) is 0 Å². The number of sulfonamides is 1. The molecule has 0 aromatic heterocycles. The molecule has 0 spiro atoms. The minimum Gasteiger partial charge on any atom is -0.495 e. The van der Waals surface area contributed by atoms with Crippen LogP contribution in [0, 0.1) is 6.92 Å². The fourth-order valence-electron chi connectivity index (χ4n) is 3.32. The van der Waals surface area contributed by atoms with E-state index in [-0.39, 0.29) is 4.90 Å². The molecule has 0 bridgehead atoms. The molecule has 1 N–H and O–H groups in total. The highest BCUT2D eigenvalue weighted by Gasteiger charge is 2.35. The number of hydrogen-bond donors (Lipinski definition) is 1. The number of likely N-dealkylation sites (N-methyl/N-ethyl adjacent to an activating group) is 1. The molecule has 10 heteroatoms. The minimum absolute atomic E-state index is 0.0457. The molecule has 0 saturated carbocycles. The van der Waals surface area contributed by atoms with Crippen LogP contribution in [0.25, 0.3) is 0 Å². The zero-order valence-electron chi connectivity index (χ0n) is 18.4. The predicted octanol–water partition coefficient (Wildman–Crippen LogP) is 2.00. The summed E-state index contributed by atoms with van der Waals surface area (Å²) in [4.78, 5) is 29.5. The number of piperazine rings is 1. The van der Waals surface area contributed by atoms with E-state index in [1.807, 2.05) is 14.0 Å². The summed E-state index contributed by atoms with van der Waals surface area (Å²) in [6, 6.07) is 12.2. The van der Waals surface area contributed by atoms with Crippen molar-refractivity contribution >= 4 is 27.6 Å². The molecule has 2 aromatic rings. The van der Waals surface area contributed by atoms with Crippen molar-refractivity contribution in [3.63, 3.8) is 0 Å². The van der Waals surface area contributed by atoms with Crippen LogP contribution in [0.15, 0.2) is 53.4 Å². The van der Waals surface area contributed by atoms with E-state index in [9.17, 15) is 18.0 Å². The number of hydrogen-bond acceptors (Lipinski definition) is 6. The summed E-state index contributed by atoms with van der Waals surface area (Å²) in [5.41, 5.74) is 1.27. The van der Waals surface area contributed by atoms with Crippen molar-refractivity contribution in [3.8, 4) is 5.75 Å². The Morgan fingerprint density at radius 2 is 1.66 bits per heavy atom. The molecule has 172 valence electrons. The SMILES string of the molecule is COc1ccccc1NC(=O)CN(C(=O)N1CCN(C)CC1)S(=O)(=O)c1ccc(C)cc1. The molecule has 0 aliphatic carbocycles.